The van der Waals surface area contributed by atoms with Gasteiger partial charge in [0, 0.05) is 36.3 Å². The van der Waals surface area contributed by atoms with Crippen LogP contribution in [0.15, 0.2) is 42.5 Å². The molecule has 1 aliphatic rings. The van der Waals surface area contributed by atoms with Crippen LogP contribution in [0.25, 0.3) is 0 Å². The maximum Gasteiger partial charge on any atom is 0.255 e. The molecule has 0 atom stereocenters. The Morgan fingerprint density at radius 2 is 1.88 bits per heavy atom. The molecule has 1 saturated heterocycles. The van der Waals surface area contributed by atoms with E-state index >= 15 is 0 Å². The Hall–Kier alpha value is -1.67. The normalized spacial score (nSPS) is 15.2. The Morgan fingerprint density at radius 3 is 2.52 bits per heavy atom. The molecule has 25 heavy (non-hydrogen) atoms. The molecule has 0 saturated carbocycles. The summed E-state index contributed by atoms with van der Waals surface area (Å²) in [6, 6.07) is 12.7. The van der Waals surface area contributed by atoms with E-state index in [4.69, 9.17) is 4.74 Å². The first-order valence-electron chi connectivity index (χ1n) is 8.17. The van der Waals surface area contributed by atoms with E-state index in [1.54, 1.807) is 6.07 Å². The monoisotopic (exact) mass is 454 g/mol. The van der Waals surface area contributed by atoms with Crippen molar-refractivity contribution in [3.05, 3.63) is 63.0 Å². The summed E-state index contributed by atoms with van der Waals surface area (Å²) in [6.07, 6.45) is 0. The molecular weight excluding hydrogens is 434 g/mol. The zero-order chi connectivity index (χ0) is 17.8. The van der Waals surface area contributed by atoms with Crippen LogP contribution in [0.5, 0.6) is 5.75 Å². The molecule has 132 valence electrons. The van der Waals surface area contributed by atoms with Crippen molar-refractivity contribution in [3.8, 4) is 5.75 Å². The van der Waals surface area contributed by atoms with Gasteiger partial charge in [0.25, 0.3) is 5.91 Å². The minimum atomic E-state index is -0.340. The first-order chi connectivity index (χ1) is 12.1. The molecule has 0 spiro atoms. The smallest absolute Gasteiger partial charge is 0.255 e. The second kappa shape index (κ2) is 8.14. The van der Waals surface area contributed by atoms with Crippen LogP contribution in [0.3, 0.4) is 0 Å². The van der Waals surface area contributed by atoms with Gasteiger partial charge < -0.3 is 9.64 Å². The van der Waals surface area contributed by atoms with Crippen LogP contribution in [0.4, 0.5) is 4.39 Å². The van der Waals surface area contributed by atoms with Crippen molar-refractivity contribution >= 4 is 28.5 Å². The number of piperazine rings is 1. The van der Waals surface area contributed by atoms with Gasteiger partial charge in [-0.15, -0.1) is 0 Å². The summed E-state index contributed by atoms with van der Waals surface area (Å²) in [4.78, 5) is 16.8. The van der Waals surface area contributed by atoms with Gasteiger partial charge in [0.05, 0.1) is 12.7 Å². The molecular formula is C19H20FIN2O2. The summed E-state index contributed by atoms with van der Waals surface area (Å²) in [6.45, 7) is 3.60. The van der Waals surface area contributed by atoms with Crippen LogP contribution in [0.1, 0.15) is 15.9 Å². The molecule has 1 heterocycles. The molecule has 4 nitrogen and oxygen atoms in total. The highest BCUT2D eigenvalue weighted by atomic mass is 127. The van der Waals surface area contributed by atoms with Crippen LogP contribution in [-0.2, 0) is 6.54 Å². The minimum Gasteiger partial charge on any atom is -0.494 e. The van der Waals surface area contributed by atoms with Gasteiger partial charge >= 0.3 is 0 Å². The molecule has 0 N–H and O–H groups in total. The lowest BCUT2D eigenvalue weighted by Gasteiger charge is -2.35. The summed E-state index contributed by atoms with van der Waals surface area (Å²) < 4.78 is 19.7. The van der Waals surface area contributed by atoms with Crippen LogP contribution in [0.2, 0.25) is 0 Å². The average molecular weight is 454 g/mol. The van der Waals surface area contributed by atoms with Gasteiger partial charge in [-0.1, -0.05) is 18.2 Å². The van der Waals surface area contributed by atoms with Gasteiger partial charge in [0.1, 0.15) is 0 Å². The van der Waals surface area contributed by atoms with Crippen molar-refractivity contribution < 1.29 is 13.9 Å². The molecule has 1 fully saturated rings. The molecule has 1 amide bonds. The van der Waals surface area contributed by atoms with E-state index in [0.29, 0.717) is 19.6 Å². The first-order valence-corrected chi connectivity index (χ1v) is 9.25. The molecule has 0 aliphatic carbocycles. The van der Waals surface area contributed by atoms with Crippen molar-refractivity contribution in [2.45, 2.75) is 6.54 Å². The van der Waals surface area contributed by atoms with Crippen LogP contribution >= 0.6 is 22.6 Å². The van der Waals surface area contributed by atoms with E-state index in [1.165, 1.54) is 13.2 Å². The van der Waals surface area contributed by atoms with Crippen molar-refractivity contribution in [2.75, 3.05) is 33.3 Å². The summed E-state index contributed by atoms with van der Waals surface area (Å²) in [5, 5.41) is 0. The maximum absolute atomic E-state index is 13.8. The molecule has 1 aliphatic heterocycles. The SMILES string of the molecule is COc1ccc(CN2CCN(C(=O)c3ccccc3I)CC2)cc1F. The highest BCUT2D eigenvalue weighted by Crippen LogP contribution is 2.20. The maximum atomic E-state index is 13.8. The van der Waals surface area contributed by atoms with Gasteiger partial charge in [-0.2, -0.15) is 0 Å². The number of halogens is 2. The predicted octanol–water partition coefficient (Wildman–Crippen LogP) is 3.40. The summed E-state index contributed by atoms with van der Waals surface area (Å²) in [5.74, 6) is 0.00392. The largest absolute Gasteiger partial charge is 0.494 e. The molecule has 6 heteroatoms. The second-order valence-corrected chi connectivity index (χ2v) is 7.18. The highest BCUT2D eigenvalue weighted by molar-refractivity contribution is 14.1. The first kappa shape index (κ1) is 18.1. The second-order valence-electron chi connectivity index (χ2n) is 6.02. The van der Waals surface area contributed by atoms with E-state index in [0.717, 1.165) is 27.8 Å². The van der Waals surface area contributed by atoms with Crippen molar-refractivity contribution in [1.82, 2.24) is 9.80 Å². The molecule has 2 aromatic carbocycles. The fourth-order valence-corrected chi connectivity index (χ4v) is 3.60. The number of ether oxygens (including phenoxy) is 1. The van der Waals surface area contributed by atoms with Gasteiger partial charge in [0.15, 0.2) is 11.6 Å². The number of hydrogen-bond donors (Lipinski definition) is 0. The standard InChI is InChI=1S/C19H20FIN2O2/c1-25-18-7-6-14(12-16(18)20)13-22-8-10-23(11-9-22)19(24)15-4-2-3-5-17(15)21/h2-7,12H,8-11,13H2,1H3. The van der Waals surface area contributed by atoms with Crippen molar-refractivity contribution in [2.24, 2.45) is 0 Å². The third-order valence-electron chi connectivity index (χ3n) is 4.39. The quantitative estimate of drug-likeness (QED) is 0.665. The molecule has 0 bridgehead atoms. The summed E-state index contributed by atoms with van der Waals surface area (Å²) >= 11 is 2.20. The molecule has 0 radical (unpaired) electrons. The fraction of sp³-hybridized carbons (Fsp3) is 0.316. The molecule has 2 aromatic rings. The number of nitrogens with zero attached hydrogens (tertiary/aromatic N) is 2. The zero-order valence-corrected chi connectivity index (χ0v) is 16.2. The number of carbonyl (C=O) groups is 1. The number of benzene rings is 2. The van der Waals surface area contributed by atoms with E-state index in [2.05, 4.69) is 27.5 Å². The van der Waals surface area contributed by atoms with E-state index in [9.17, 15) is 9.18 Å². The van der Waals surface area contributed by atoms with Gasteiger partial charge in [-0.3, -0.25) is 9.69 Å². The zero-order valence-electron chi connectivity index (χ0n) is 14.0. The number of methoxy groups -OCH3 is 1. The summed E-state index contributed by atoms with van der Waals surface area (Å²) in [7, 11) is 1.46. The molecule has 0 aromatic heterocycles. The van der Waals surface area contributed by atoms with Gasteiger partial charge in [-0.05, 0) is 52.4 Å². The van der Waals surface area contributed by atoms with Gasteiger partial charge in [0.2, 0.25) is 0 Å². The van der Waals surface area contributed by atoms with Crippen molar-refractivity contribution in [3.63, 3.8) is 0 Å². The molecule has 3 rings (SSSR count). The lowest BCUT2D eigenvalue weighted by Crippen LogP contribution is -2.48. The fourth-order valence-electron chi connectivity index (χ4n) is 2.98. The number of rotatable bonds is 4. The number of carbonyl (C=O) groups excluding carboxylic acids is 1. The Bertz CT molecular complexity index is 761. The van der Waals surface area contributed by atoms with Crippen molar-refractivity contribution in [1.29, 1.82) is 0 Å². The van der Waals surface area contributed by atoms with E-state index < -0.39 is 0 Å². The van der Waals surface area contributed by atoms with Crippen LogP contribution in [0, 0.1) is 9.39 Å². The van der Waals surface area contributed by atoms with E-state index in [1.807, 2.05) is 35.2 Å². The van der Waals surface area contributed by atoms with Crippen LogP contribution < -0.4 is 4.74 Å². The van der Waals surface area contributed by atoms with Crippen LogP contribution in [-0.4, -0.2) is 49.0 Å². The minimum absolute atomic E-state index is 0.0835. The Morgan fingerprint density at radius 1 is 1.16 bits per heavy atom. The van der Waals surface area contributed by atoms with E-state index in [-0.39, 0.29) is 17.5 Å². The van der Waals surface area contributed by atoms with Gasteiger partial charge in [-0.25, -0.2) is 4.39 Å². The summed E-state index contributed by atoms with van der Waals surface area (Å²) in [5.41, 5.74) is 1.67. The average Bonchev–Trinajstić information content (AvgIpc) is 2.62. The Labute approximate surface area is 160 Å². The Balaban J connectivity index is 1.58. The highest BCUT2D eigenvalue weighted by Gasteiger charge is 2.23. The third-order valence-corrected chi connectivity index (χ3v) is 5.33. The Kier molecular flexibility index (Phi) is 5.90. The number of hydrogen-bond acceptors (Lipinski definition) is 3. The molecule has 0 unspecified atom stereocenters. The third kappa shape index (κ3) is 4.30. The topological polar surface area (TPSA) is 32.8 Å². The lowest BCUT2D eigenvalue weighted by atomic mass is 10.1. The lowest BCUT2D eigenvalue weighted by molar-refractivity contribution is 0.0627. The predicted molar refractivity (Wildman–Crippen MR) is 103 cm³/mol. The number of amides is 1.